The predicted molar refractivity (Wildman–Crippen MR) is 70.6 cm³/mol. The van der Waals surface area contributed by atoms with Crippen molar-refractivity contribution in [2.75, 3.05) is 5.32 Å². The number of nitriles is 1. The average molecular weight is 238 g/mol. The van der Waals surface area contributed by atoms with E-state index in [9.17, 15) is 0 Å². The standard InChI is InChI=1S/C14H14N4/c1-3-11-6-4-5-10(2)14(11)18-13-7-12(8-15)16-9-17-13/h4-7,9H,3H2,1-2H3,(H,16,17,18). The number of aromatic nitrogens is 2. The average Bonchev–Trinajstić information content (AvgIpc) is 2.41. The Morgan fingerprint density at radius 1 is 1.33 bits per heavy atom. The second kappa shape index (κ2) is 5.28. The SMILES string of the molecule is CCc1cccc(C)c1Nc1cc(C#N)ncn1. The van der Waals surface area contributed by atoms with Crippen molar-refractivity contribution in [3.05, 3.63) is 47.4 Å². The molecule has 0 amide bonds. The lowest BCUT2D eigenvalue weighted by Crippen LogP contribution is -2.00. The van der Waals surface area contributed by atoms with Crippen molar-refractivity contribution in [1.82, 2.24) is 9.97 Å². The lowest BCUT2D eigenvalue weighted by Gasteiger charge is -2.13. The molecule has 0 atom stereocenters. The molecule has 0 bridgehead atoms. The van der Waals surface area contributed by atoms with Crippen LogP contribution in [0.5, 0.6) is 0 Å². The largest absolute Gasteiger partial charge is 0.340 e. The summed E-state index contributed by atoms with van der Waals surface area (Å²) in [6, 6.07) is 9.83. The molecule has 0 unspecified atom stereocenters. The summed E-state index contributed by atoms with van der Waals surface area (Å²) < 4.78 is 0. The maximum atomic E-state index is 8.82. The molecule has 4 nitrogen and oxygen atoms in total. The van der Waals surface area contributed by atoms with Gasteiger partial charge in [0.25, 0.3) is 0 Å². The Balaban J connectivity index is 2.37. The van der Waals surface area contributed by atoms with E-state index >= 15 is 0 Å². The number of aryl methyl sites for hydroxylation is 2. The van der Waals surface area contributed by atoms with Gasteiger partial charge in [-0.05, 0) is 24.5 Å². The van der Waals surface area contributed by atoms with Gasteiger partial charge >= 0.3 is 0 Å². The second-order valence-corrected chi connectivity index (χ2v) is 3.99. The van der Waals surface area contributed by atoms with Gasteiger partial charge in [-0.15, -0.1) is 0 Å². The summed E-state index contributed by atoms with van der Waals surface area (Å²) in [7, 11) is 0. The molecule has 1 heterocycles. The summed E-state index contributed by atoms with van der Waals surface area (Å²) >= 11 is 0. The molecule has 0 radical (unpaired) electrons. The molecule has 0 fully saturated rings. The molecular weight excluding hydrogens is 224 g/mol. The number of hydrogen-bond acceptors (Lipinski definition) is 4. The van der Waals surface area contributed by atoms with Crippen molar-refractivity contribution in [3.8, 4) is 6.07 Å². The maximum absolute atomic E-state index is 8.82. The van der Waals surface area contributed by atoms with E-state index in [1.54, 1.807) is 6.07 Å². The summed E-state index contributed by atoms with van der Waals surface area (Å²) in [5.74, 6) is 0.644. The van der Waals surface area contributed by atoms with Crippen molar-refractivity contribution in [1.29, 1.82) is 5.26 Å². The van der Waals surface area contributed by atoms with Crippen LogP contribution in [0.15, 0.2) is 30.6 Å². The van der Waals surface area contributed by atoms with Gasteiger partial charge in [-0.2, -0.15) is 5.26 Å². The smallest absolute Gasteiger partial charge is 0.145 e. The van der Waals surface area contributed by atoms with Crippen LogP contribution < -0.4 is 5.32 Å². The number of para-hydroxylation sites is 1. The highest BCUT2D eigenvalue weighted by atomic mass is 15.0. The van der Waals surface area contributed by atoms with Gasteiger partial charge in [0.2, 0.25) is 0 Å². The third-order valence-electron chi connectivity index (χ3n) is 2.77. The lowest BCUT2D eigenvalue weighted by atomic mass is 10.1. The minimum atomic E-state index is 0.360. The normalized spacial score (nSPS) is 9.83. The first kappa shape index (κ1) is 12.1. The van der Waals surface area contributed by atoms with E-state index in [1.807, 2.05) is 25.1 Å². The Bertz CT molecular complexity index is 599. The van der Waals surface area contributed by atoms with Crippen molar-refractivity contribution in [2.45, 2.75) is 20.3 Å². The highest BCUT2D eigenvalue weighted by Crippen LogP contribution is 2.24. The van der Waals surface area contributed by atoms with E-state index in [1.165, 1.54) is 11.9 Å². The van der Waals surface area contributed by atoms with Crippen molar-refractivity contribution in [2.24, 2.45) is 0 Å². The number of hydrogen-bond donors (Lipinski definition) is 1. The van der Waals surface area contributed by atoms with Crippen molar-refractivity contribution in [3.63, 3.8) is 0 Å². The molecule has 0 saturated heterocycles. The number of nitrogens with one attached hydrogen (secondary N) is 1. The zero-order chi connectivity index (χ0) is 13.0. The number of anilines is 2. The van der Waals surface area contributed by atoms with E-state index in [0.29, 0.717) is 11.5 Å². The van der Waals surface area contributed by atoms with Gasteiger partial charge in [0.15, 0.2) is 0 Å². The zero-order valence-corrected chi connectivity index (χ0v) is 10.4. The number of rotatable bonds is 3. The molecule has 1 aromatic heterocycles. The van der Waals surface area contributed by atoms with Crippen molar-refractivity contribution < 1.29 is 0 Å². The molecule has 90 valence electrons. The van der Waals surface area contributed by atoms with E-state index in [2.05, 4.69) is 28.3 Å². The van der Waals surface area contributed by atoms with Crippen LogP contribution in [-0.4, -0.2) is 9.97 Å². The van der Waals surface area contributed by atoms with Crippen LogP contribution in [0, 0.1) is 18.3 Å². The van der Waals surface area contributed by atoms with Crippen LogP contribution in [0.3, 0.4) is 0 Å². The van der Waals surface area contributed by atoms with Gasteiger partial charge < -0.3 is 5.32 Å². The molecular formula is C14H14N4. The van der Waals surface area contributed by atoms with E-state index in [-0.39, 0.29) is 0 Å². The first-order valence-corrected chi connectivity index (χ1v) is 5.82. The predicted octanol–water partition coefficient (Wildman–Crippen LogP) is 2.96. The third-order valence-corrected chi connectivity index (χ3v) is 2.77. The Labute approximate surface area is 106 Å². The molecule has 2 rings (SSSR count). The lowest BCUT2D eigenvalue weighted by molar-refractivity contribution is 1.11. The van der Waals surface area contributed by atoms with Gasteiger partial charge in [0.05, 0.1) is 0 Å². The topological polar surface area (TPSA) is 61.6 Å². The third kappa shape index (κ3) is 2.46. The van der Waals surface area contributed by atoms with Crippen LogP contribution in [-0.2, 0) is 6.42 Å². The fourth-order valence-electron chi connectivity index (χ4n) is 1.82. The first-order chi connectivity index (χ1) is 8.74. The summed E-state index contributed by atoms with van der Waals surface area (Å²) in [6.07, 6.45) is 2.34. The van der Waals surface area contributed by atoms with Gasteiger partial charge in [0, 0.05) is 11.8 Å². The van der Waals surface area contributed by atoms with Crippen LogP contribution in [0.25, 0.3) is 0 Å². The fraction of sp³-hybridized carbons (Fsp3) is 0.214. The van der Waals surface area contributed by atoms with Crippen LogP contribution in [0.4, 0.5) is 11.5 Å². The number of nitrogens with zero attached hydrogens (tertiary/aromatic N) is 3. The highest BCUT2D eigenvalue weighted by molar-refractivity contribution is 5.65. The minimum absolute atomic E-state index is 0.360. The Morgan fingerprint density at radius 2 is 2.17 bits per heavy atom. The number of benzene rings is 1. The van der Waals surface area contributed by atoms with Crippen molar-refractivity contribution >= 4 is 11.5 Å². The van der Waals surface area contributed by atoms with E-state index < -0.39 is 0 Å². The Kier molecular flexibility index (Phi) is 3.54. The molecule has 2 aromatic rings. The molecule has 0 aliphatic heterocycles. The van der Waals surface area contributed by atoms with Crippen LogP contribution in [0.2, 0.25) is 0 Å². The van der Waals surface area contributed by atoms with Crippen LogP contribution in [0.1, 0.15) is 23.7 Å². The maximum Gasteiger partial charge on any atom is 0.145 e. The fourth-order valence-corrected chi connectivity index (χ4v) is 1.82. The second-order valence-electron chi connectivity index (χ2n) is 3.99. The van der Waals surface area contributed by atoms with Gasteiger partial charge in [-0.3, -0.25) is 0 Å². The molecule has 0 aliphatic rings. The highest BCUT2D eigenvalue weighted by Gasteiger charge is 2.05. The summed E-state index contributed by atoms with van der Waals surface area (Å²) in [4.78, 5) is 7.98. The summed E-state index contributed by atoms with van der Waals surface area (Å²) in [5.41, 5.74) is 3.81. The molecule has 0 saturated carbocycles. The zero-order valence-electron chi connectivity index (χ0n) is 10.4. The Hall–Kier alpha value is -2.41. The molecule has 4 heteroatoms. The summed E-state index contributed by atoms with van der Waals surface area (Å²) in [6.45, 7) is 4.16. The Morgan fingerprint density at radius 3 is 2.89 bits per heavy atom. The van der Waals surface area contributed by atoms with Crippen LogP contribution >= 0.6 is 0 Å². The monoisotopic (exact) mass is 238 g/mol. The first-order valence-electron chi connectivity index (χ1n) is 5.82. The molecule has 0 spiro atoms. The van der Waals surface area contributed by atoms with Gasteiger partial charge in [0.1, 0.15) is 23.9 Å². The molecule has 18 heavy (non-hydrogen) atoms. The molecule has 1 N–H and O–H groups in total. The van der Waals surface area contributed by atoms with E-state index in [4.69, 9.17) is 5.26 Å². The van der Waals surface area contributed by atoms with Gasteiger partial charge in [-0.25, -0.2) is 9.97 Å². The molecule has 1 aromatic carbocycles. The van der Waals surface area contributed by atoms with E-state index in [0.717, 1.165) is 17.7 Å². The minimum Gasteiger partial charge on any atom is -0.340 e. The van der Waals surface area contributed by atoms with Gasteiger partial charge in [-0.1, -0.05) is 25.1 Å². The quantitative estimate of drug-likeness (QED) is 0.893. The summed E-state index contributed by atoms with van der Waals surface area (Å²) in [5, 5.41) is 12.1. The molecule has 0 aliphatic carbocycles.